The number of amides is 1. The highest BCUT2D eigenvalue weighted by atomic mass is 127. The Morgan fingerprint density at radius 1 is 1.27 bits per heavy atom. The van der Waals surface area contributed by atoms with E-state index in [2.05, 4.69) is 62.6 Å². The highest BCUT2D eigenvalue weighted by Crippen LogP contribution is 2.66. The van der Waals surface area contributed by atoms with Crippen LogP contribution >= 0.6 is 56.8 Å². The van der Waals surface area contributed by atoms with Gasteiger partial charge in [-0.2, -0.15) is 5.10 Å². The second-order valence-corrected chi connectivity index (χ2v) is 11.1. The zero-order valence-electron chi connectivity index (χ0n) is 16.6. The zero-order valence-corrected chi connectivity index (χ0v) is 21.7. The molecule has 1 N–H and O–H groups in total. The number of nitrogens with one attached hydrogen (secondary N) is 1. The fourth-order valence-electron chi connectivity index (χ4n) is 4.62. The van der Waals surface area contributed by atoms with E-state index < -0.39 is 0 Å². The van der Waals surface area contributed by atoms with Crippen molar-refractivity contribution in [1.82, 2.24) is 5.43 Å². The normalized spacial score (nSPS) is 25.1. The number of hydrogen-bond donors (Lipinski definition) is 1. The predicted molar refractivity (Wildman–Crippen MR) is 137 cm³/mol. The Kier molecular flexibility index (Phi) is 6.94. The minimum Gasteiger partial charge on any atom is -0.487 e. The molecule has 2 aliphatic rings. The van der Waals surface area contributed by atoms with Gasteiger partial charge in [0.05, 0.1) is 13.4 Å². The molecule has 2 aliphatic carbocycles. The van der Waals surface area contributed by atoms with Crippen molar-refractivity contribution in [3.05, 3.63) is 59.7 Å². The smallest absolute Gasteiger partial charge is 0.244 e. The van der Waals surface area contributed by atoms with Gasteiger partial charge in [0.2, 0.25) is 5.91 Å². The summed E-state index contributed by atoms with van der Waals surface area (Å²) < 4.78 is 8.03. The molecule has 3 atom stereocenters. The van der Waals surface area contributed by atoms with Gasteiger partial charge in [-0.05, 0) is 105 Å². The fourth-order valence-corrected chi connectivity index (χ4v) is 6.87. The topological polar surface area (TPSA) is 50.7 Å². The molecule has 2 aromatic carbocycles. The number of nitrogens with zero attached hydrogens (tertiary/aromatic N) is 1. The number of carbonyl (C=O) groups is 1. The highest BCUT2D eigenvalue weighted by molar-refractivity contribution is 14.1. The average Bonchev–Trinajstić information content (AvgIpc) is 3.34. The Morgan fingerprint density at radius 3 is 2.60 bits per heavy atom. The molecule has 0 aromatic heterocycles. The first-order chi connectivity index (χ1) is 14.4. The summed E-state index contributed by atoms with van der Waals surface area (Å²) in [5, 5.41) is 4.94. The number of halogens is 3. The highest BCUT2D eigenvalue weighted by Gasteiger charge is 2.64. The van der Waals surface area contributed by atoms with Crippen LogP contribution in [0.5, 0.6) is 5.75 Å². The van der Waals surface area contributed by atoms with Crippen molar-refractivity contribution in [1.29, 1.82) is 0 Å². The summed E-state index contributed by atoms with van der Waals surface area (Å²) >= 11 is 10.5. The third kappa shape index (κ3) is 4.80. The van der Waals surface area contributed by atoms with Crippen LogP contribution in [0.15, 0.2) is 41.5 Å². The summed E-state index contributed by atoms with van der Waals surface area (Å²) in [6.07, 6.45) is 6.53. The maximum absolute atomic E-state index is 12.5. The van der Waals surface area contributed by atoms with E-state index in [9.17, 15) is 4.79 Å². The lowest BCUT2D eigenvalue weighted by atomic mass is 9.90. The van der Waals surface area contributed by atoms with E-state index in [0.29, 0.717) is 17.5 Å². The Morgan fingerprint density at radius 2 is 1.97 bits per heavy atom. The molecule has 0 spiro atoms. The average molecular weight is 649 g/mol. The minimum atomic E-state index is 0.0629. The van der Waals surface area contributed by atoms with Crippen LogP contribution in [0.2, 0.25) is 5.02 Å². The number of hydrazone groups is 1. The number of ether oxygens (including phenoxy) is 1. The number of fused-ring (bicyclic) bond motifs is 1. The third-order valence-electron chi connectivity index (χ3n) is 6.32. The van der Waals surface area contributed by atoms with E-state index in [0.717, 1.165) is 30.4 Å². The van der Waals surface area contributed by atoms with Crippen molar-refractivity contribution in [2.75, 3.05) is 0 Å². The third-order valence-corrected chi connectivity index (χ3v) is 8.17. The molecule has 4 rings (SSSR count). The quantitative estimate of drug-likeness (QED) is 0.224. The molecule has 4 nitrogen and oxygen atoms in total. The maximum Gasteiger partial charge on any atom is 0.244 e. The lowest BCUT2D eigenvalue weighted by Crippen LogP contribution is -2.22. The van der Waals surface area contributed by atoms with Gasteiger partial charge in [-0.25, -0.2) is 5.43 Å². The van der Waals surface area contributed by atoms with Crippen LogP contribution in [0.1, 0.15) is 43.7 Å². The van der Waals surface area contributed by atoms with Gasteiger partial charge in [0.15, 0.2) is 0 Å². The van der Waals surface area contributed by atoms with Gasteiger partial charge in [0, 0.05) is 10.9 Å². The number of hydrogen-bond acceptors (Lipinski definition) is 3. The van der Waals surface area contributed by atoms with Crippen LogP contribution in [0.25, 0.3) is 0 Å². The van der Waals surface area contributed by atoms with E-state index in [1.165, 1.54) is 19.3 Å². The predicted octanol–water partition coefficient (Wildman–Crippen LogP) is 6.40. The Labute approximate surface area is 209 Å². The number of rotatable bonds is 6. The van der Waals surface area contributed by atoms with Crippen LogP contribution in [0.4, 0.5) is 0 Å². The molecule has 2 aromatic rings. The standard InChI is InChI=1S/C23H23ClI2N2O2/c1-23-9-3-2-4-17(23)20(23)22(29)28-27-12-15-10-18(25)21(19(26)11-15)30-13-14-5-7-16(24)8-6-14/h5-8,10-12,17,20H,2-4,9,13H2,1H3,(H,28,29)/b27-12-/t17-,20+,23+/m1/s1. The molecule has 158 valence electrons. The maximum atomic E-state index is 12.5. The van der Waals surface area contributed by atoms with Gasteiger partial charge < -0.3 is 4.74 Å². The SMILES string of the molecule is C[C@]12CCCC[C@@H]1[C@H]2C(=O)N/N=C\c1cc(I)c(OCc2ccc(Cl)cc2)c(I)c1. The summed E-state index contributed by atoms with van der Waals surface area (Å²) in [6, 6.07) is 11.7. The van der Waals surface area contributed by atoms with Gasteiger partial charge >= 0.3 is 0 Å². The molecule has 30 heavy (non-hydrogen) atoms. The Balaban J connectivity index is 1.36. The van der Waals surface area contributed by atoms with Gasteiger partial charge in [0.25, 0.3) is 0 Å². The molecule has 0 unspecified atom stereocenters. The van der Waals surface area contributed by atoms with Crippen molar-refractivity contribution in [3.8, 4) is 5.75 Å². The first-order valence-electron chi connectivity index (χ1n) is 10.1. The molecule has 2 saturated carbocycles. The van der Waals surface area contributed by atoms with Crippen LogP contribution in [0.3, 0.4) is 0 Å². The number of benzene rings is 2. The minimum absolute atomic E-state index is 0.0629. The van der Waals surface area contributed by atoms with Crippen LogP contribution in [-0.2, 0) is 11.4 Å². The molecule has 0 radical (unpaired) electrons. The summed E-state index contributed by atoms with van der Waals surface area (Å²) in [7, 11) is 0. The molecule has 0 bridgehead atoms. The first-order valence-corrected chi connectivity index (χ1v) is 12.6. The first kappa shape index (κ1) is 22.3. The van der Waals surface area contributed by atoms with E-state index in [1.54, 1.807) is 6.21 Å². The molecule has 0 saturated heterocycles. The molecule has 0 aliphatic heterocycles. The van der Waals surface area contributed by atoms with Gasteiger partial charge in [-0.15, -0.1) is 0 Å². The monoisotopic (exact) mass is 648 g/mol. The van der Waals surface area contributed by atoms with E-state index in [-0.39, 0.29) is 17.2 Å². The molecular formula is C23H23ClI2N2O2. The lowest BCUT2D eigenvalue weighted by molar-refractivity contribution is -0.123. The fraction of sp³-hybridized carbons (Fsp3) is 0.391. The largest absolute Gasteiger partial charge is 0.487 e. The van der Waals surface area contributed by atoms with Crippen LogP contribution in [0, 0.1) is 24.4 Å². The second-order valence-electron chi connectivity index (χ2n) is 8.30. The Hall–Kier alpha value is -0.870. The molecule has 0 heterocycles. The van der Waals surface area contributed by atoms with Crippen molar-refractivity contribution in [3.63, 3.8) is 0 Å². The summed E-state index contributed by atoms with van der Waals surface area (Å²) in [5.74, 6) is 1.58. The summed E-state index contributed by atoms with van der Waals surface area (Å²) in [5.41, 5.74) is 4.96. The van der Waals surface area contributed by atoms with Crippen molar-refractivity contribution < 1.29 is 9.53 Å². The molecule has 1 amide bonds. The van der Waals surface area contributed by atoms with Gasteiger partial charge in [-0.1, -0.05) is 43.5 Å². The van der Waals surface area contributed by atoms with Crippen molar-refractivity contribution in [2.24, 2.45) is 22.4 Å². The molecular weight excluding hydrogens is 626 g/mol. The van der Waals surface area contributed by atoms with Crippen LogP contribution in [-0.4, -0.2) is 12.1 Å². The summed E-state index contributed by atoms with van der Waals surface area (Å²) in [6.45, 7) is 2.73. The number of carbonyl (C=O) groups excluding carboxylic acids is 1. The van der Waals surface area contributed by atoms with Crippen molar-refractivity contribution in [2.45, 2.75) is 39.2 Å². The van der Waals surface area contributed by atoms with Crippen molar-refractivity contribution >= 4 is 68.9 Å². The second kappa shape index (κ2) is 9.32. The molecule has 7 heteroatoms. The zero-order chi connectivity index (χ0) is 21.3. The van der Waals surface area contributed by atoms with Gasteiger partial charge in [0.1, 0.15) is 12.4 Å². The Bertz CT molecular complexity index is 957. The van der Waals surface area contributed by atoms with E-state index in [1.807, 2.05) is 36.4 Å². The van der Waals surface area contributed by atoms with Crippen LogP contribution < -0.4 is 10.2 Å². The summed E-state index contributed by atoms with van der Waals surface area (Å²) in [4.78, 5) is 12.5. The van der Waals surface area contributed by atoms with Gasteiger partial charge in [-0.3, -0.25) is 4.79 Å². The van der Waals surface area contributed by atoms with E-state index in [4.69, 9.17) is 16.3 Å². The van der Waals surface area contributed by atoms with E-state index >= 15 is 0 Å². The lowest BCUT2D eigenvalue weighted by Gasteiger charge is -2.15. The molecule has 2 fully saturated rings.